The van der Waals surface area contributed by atoms with Crippen LogP contribution in [0, 0.1) is 5.82 Å². The van der Waals surface area contributed by atoms with Crippen LogP contribution in [0.5, 0.6) is 0 Å². The molecule has 4 N–H and O–H groups in total. The molecule has 1 rings (SSSR count). The second-order valence-electron chi connectivity index (χ2n) is 3.12. The number of halogens is 1. The average molecular weight is 247 g/mol. The fourth-order valence-electron chi connectivity index (χ4n) is 1.14. The molecule has 0 spiro atoms. The third kappa shape index (κ3) is 3.44. The first-order chi connectivity index (χ1) is 7.48. The average Bonchev–Trinajstić information content (AvgIpc) is 2.20. The Morgan fingerprint density at radius 1 is 1.44 bits per heavy atom. The molecule has 5 nitrogen and oxygen atoms in total. The summed E-state index contributed by atoms with van der Waals surface area (Å²) in [5.74, 6) is -0.649. The maximum absolute atomic E-state index is 13.4. The zero-order chi connectivity index (χ0) is 12.2. The molecule has 0 aliphatic carbocycles. The van der Waals surface area contributed by atoms with E-state index in [9.17, 15) is 12.8 Å². The van der Waals surface area contributed by atoms with Crippen molar-refractivity contribution >= 4 is 15.9 Å². The molecule has 0 aliphatic rings. The van der Waals surface area contributed by atoms with E-state index in [2.05, 4.69) is 9.44 Å². The summed E-state index contributed by atoms with van der Waals surface area (Å²) in [5.41, 5.74) is 5.83. The van der Waals surface area contributed by atoms with Crippen LogP contribution in [0.4, 0.5) is 10.1 Å². The summed E-state index contributed by atoms with van der Waals surface area (Å²) in [6.45, 7) is 2.07. The van der Waals surface area contributed by atoms with E-state index in [4.69, 9.17) is 5.73 Å². The van der Waals surface area contributed by atoms with Crippen molar-refractivity contribution in [2.24, 2.45) is 5.73 Å². The van der Waals surface area contributed by atoms with Crippen molar-refractivity contribution in [2.45, 2.75) is 13.5 Å². The molecule has 7 heteroatoms. The number of benzene rings is 1. The summed E-state index contributed by atoms with van der Waals surface area (Å²) in [4.78, 5) is 0. The van der Waals surface area contributed by atoms with Crippen molar-refractivity contribution < 1.29 is 12.8 Å². The summed E-state index contributed by atoms with van der Waals surface area (Å²) in [6.07, 6.45) is 0. The Labute approximate surface area is 94.0 Å². The fraction of sp³-hybridized carbons (Fsp3) is 0.333. The Hall–Kier alpha value is -1.18. The predicted molar refractivity (Wildman–Crippen MR) is 60.5 cm³/mol. The van der Waals surface area contributed by atoms with E-state index in [0.717, 1.165) is 0 Å². The quantitative estimate of drug-likeness (QED) is 0.710. The van der Waals surface area contributed by atoms with Gasteiger partial charge in [0.2, 0.25) is 0 Å². The minimum atomic E-state index is -3.70. The van der Waals surface area contributed by atoms with Crippen LogP contribution in [0.3, 0.4) is 0 Å². The van der Waals surface area contributed by atoms with Gasteiger partial charge in [-0.2, -0.15) is 13.1 Å². The number of nitrogens with one attached hydrogen (secondary N) is 2. The van der Waals surface area contributed by atoms with Crippen LogP contribution >= 0.6 is 0 Å². The molecule has 0 bridgehead atoms. The van der Waals surface area contributed by atoms with E-state index in [1.807, 2.05) is 0 Å². The van der Waals surface area contributed by atoms with Gasteiger partial charge in [-0.1, -0.05) is 13.0 Å². The zero-order valence-corrected chi connectivity index (χ0v) is 9.64. The molecule has 0 saturated carbocycles. The molecule has 1 aromatic carbocycles. The van der Waals surface area contributed by atoms with Gasteiger partial charge >= 0.3 is 0 Å². The summed E-state index contributed by atoms with van der Waals surface area (Å²) < 4.78 is 40.3. The van der Waals surface area contributed by atoms with Crippen LogP contribution in [0.15, 0.2) is 18.2 Å². The summed E-state index contributed by atoms with van der Waals surface area (Å²) in [7, 11) is -3.70. The number of rotatable bonds is 5. The highest BCUT2D eigenvalue weighted by Gasteiger charge is 2.11. The highest BCUT2D eigenvalue weighted by Crippen LogP contribution is 2.16. The van der Waals surface area contributed by atoms with Gasteiger partial charge in [-0.05, 0) is 17.7 Å². The van der Waals surface area contributed by atoms with Gasteiger partial charge in [0.1, 0.15) is 5.82 Å². The minimum absolute atomic E-state index is 0.0989. The van der Waals surface area contributed by atoms with Crippen molar-refractivity contribution in [3.63, 3.8) is 0 Å². The van der Waals surface area contributed by atoms with Gasteiger partial charge in [0.15, 0.2) is 0 Å². The number of hydrogen-bond acceptors (Lipinski definition) is 3. The Balaban J connectivity index is 2.90. The Kier molecular flexibility index (Phi) is 4.22. The van der Waals surface area contributed by atoms with Crippen molar-refractivity contribution in [1.29, 1.82) is 0 Å². The first-order valence-corrected chi connectivity index (χ1v) is 6.22. The third-order valence-corrected chi connectivity index (χ3v) is 3.01. The molecule has 0 aliphatic heterocycles. The minimum Gasteiger partial charge on any atom is -0.326 e. The zero-order valence-electron chi connectivity index (χ0n) is 8.83. The van der Waals surface area contributed by atoms with Crippen molar-refractivity contribution in [2.75, 3.05) is 11.3 Å². The molecule has 16 heavy (non-hydrogen) atoms. The van der Waals surface area contributed by atoms with Crippen LogP contribution in [0.1, 0.15) is 12.5 Å². The molecule has 0 aromatic heterocycles. The van der Waals surface area contributed by atoms with Crippen molar-refractivity contribution in [1.82, 2.24) is 4.72 Å². The molecule has 0 atom stereocenters. The SMILES string of the molecule is CCNS(=O)(=O)Nc1ccc(CN)cc1F. The van der Waals surface area contributed by atoms with Crippen LogP contribution in [0.2, 0.25) is 0 Å². The Morgan fingerprint density at radius 3 is 2.62 bits per heavy atom. The van der Waals surface area contributed by atoms with Crippen molar-refractivity contribution in [3.05, 3.63) is 29.6 Å². The fourth-order valence-corrected chi connectivity index (χ4v) is 2.05. The Bertz CT molecular complexity index is 462. The second kappa shape index (κ2) is 5.24. The Morgan fingerprint density at radius 2 is 2.12 bits per heavy atom. The van der Waals surface area contributed by atoms with Gasteiger partial charge < -0.3 is 5.73 Å². The van der Waals surface area contributed by atoms with E-state index in [0.29, 0.717) is 5.56 Å². The lowest BCUT2D eigenvalue weighted by Gasteiger charge is -2.09. The summed E-state index contributed by atoms with van der Waals surface area (Å²) in [5, 5.41) is 0. The molecule has 0 saturated heterocycles. The topological polar surface area (TPSA) is 84.2 Å². The van der Waals surface area contributed by atoms with Crippen LogP contribution in [-0.4, -0.2) is 15.0 Å². The largest absolute Gasteiger partial charge is 0.326 e. The van der Waals surface area contributed by atoms with Gasteiger partial charge in [0, 0.05) is 13.1 Å². The van der Waals surface area contributed by atoms with Gasteiger partial charge in [-0.3, -0.25) is 4.72 Å². The lowest BCUT2D eigenvalue weighted by atomic mass is 10.2. The smallest absolute Gasteiger partial charge is 0.299 e. The van der Waals surface area contributed by atoms with Gasteiger partial charge in [-0.15, -0.1) is 0 Å². The first kappa shape index (κ1) is 12.9. The van der Waals surface area contributed by atoms with E-state index in [1.54, 1.807) is 13.0 Å². The van der Waals surface area contributed by atoms with E-state index >= 15 is 0 Å². The van der Waals surface area contributed by atoms with E-state index < -0.39 is 16.0 Å². The maximum atomic E-state index is 13.4. The molecular weight excluding hydrogens is 233 g/mol. The van der Waals surface area contributed by atoms with Crippen LogP contribution in [0.25, 0.3) is 0 Å². The highest BCUT2D eigenvalue weighted by atomic mass is 32.2. The van der Waals surface area contributed by atoms with Gasteiger partial charge in [0.05, 0.1) is 5.69 Å². The van der Waals surface area contributed by atoms with E-state index in [-0.39, 0.29) is 18.8 Å². The monoisotopic (exact) mass is 247 g/mol. The lowest BCUT2D eigenvalue weighted by molar-refractivity contribution is 0.587. The van der Waals surface area contributed by atoms with Crippen LogP contribution < -0.4 is 15.2 Å². The van der Waals surface area contributed by atoms with Crippen LogP contribution in [-0.2, 0) is 16.8 Å². The van der Waals surface area contributed by atoms with E-state index in [1.165, 1.54) is 12.1 Å². The molecule has 1 aromatic rings. The molecule has 0 heterocycles. The number of anilines is 1. The summed E-state index contributed by atoms with van der Waals surface area (Å²) in [6, 6.07) is 4.10. The summed E-state index contributed by atoms with van der Waals surface area (Å²) >= 11 is 0. The standard InChI is InChI=1S/C9H14FN3O2S/c1-2-12-16(14,15)13-9-4-3-7(6-11)5-8(9)10/h3-5,12-13H,2,6,11H2,1H3. The van der Waals surface area contributed by atoms with Gasteiger partial charge in [0.25, 0.3) is 10.2 Å². The molecule has 0 amide bonds. The number of hydrogen-bond donors (Lipinski definition) is 3. The van der Waals surface area contributed by atoms with Gasteiger partial charge in [-0.25, -0.2) is 4.39 Å². The molecule has 90 valence electrons. The predicted octanol–water partition coefficient (Wildman–Crippen LogP) is 0.551. The molecule has 0 radical (unpaired) electrons. The first-order valence-electron chi connectivity index (χ1n) is 4.74. The molecule has 0 unspecified atom stereocenters. The highest BCUT2D eigenvalue weighted by molar-refractivity contribution is 7.90. The lowest BCUT2D eigenvalue weighted by Crippen LogP contribution is -2.30. The number of nitrogens with two attached hydrogens (primary N) is 1. The molecular formula is C9H14FN3O2S. The maximum Gasteiger partial charge on any atom is 0.299 e. The second-order valence-corrected chi connectivity index (χ2v) is 4.62. The normalized spacial score (nSPS) is 11.4. The van der Waals surface area contributed by atoms with Crippen molar-refractivity contribution in [3.8, 4) is 0 Å². The third-order valence-electron chi connectivity index (χ3n) is 1.85. The molecule has 0 fully saturated rings.